The molecule has 5 rings (SSSR count). The van der Waals surface area contributed by atoms with E-state index in [1.807, 2.05) is 24.4 Å². The van der Waals surface area contributed by atoms with Crippen LogP contribution in [-0.4, -0.2) is 69.7 Å². The van der Waals surface area contributed by atoms with E-state index in [1.54, 1.807) is 0 Å². The third-order valence-corrected chi connectivity index (χ3v) is 7.46. The molecule has 10 heteroatoms. The van der Waals surface area contributed by atoms with E-state index in [1.165, 1.54) is 11.6 Å². The maximum absolute atomic E-state index is 13.5. The van der Waals surface area contributed by atoms with Crippen LogP contribution in [0, 0.1) is 18.6 Å². The Kier molecular flexibility index (Phi) is 8.92. The summed E-state index contributed by atoms with van der Waals surface area (Å²) < 4.78 is 33.9. The molecule has 1 amide bonds. The van der Waals surface area contributed by atoms with Gasteiger partial charge in [0.05, 0.1) is 12.3 Å². The van der Waals surface area contributed by atoms with E-state index in [4.69, 9.17) is 14.8 Å². The third-order valence-electron chi connectivity index (χ3n) is 7.46. The first-order chi connectivity index (χ1) is 19.8. The SMILES string of the molecule is CCc1nc2c(C)cc(-c3ccc(CN4CCN(CCO)CC4)cc3)cn2c1NC(=O)OCc1ccc(F)c(F)c1. The van der Waals surface area contributed by atoms with E-state index in [-0.39, 0.29) is 13.2 Å². The van der Waals surface area contributed by atoms with Crippen LogP contribution in [0.15, 0.2) is 54.7 Å². The topological polar surface area (TPSA) is 82.3 Å². The Morgan fingerprint density at radius 1 is 0.976 bits per heavy atom. The minimum absolute atomic E-state index is 0.198. The monoisotopic (exact) mass is 563 g/mol. The van der Waals surface area contributed by atoms with E-state index in [0.29, 0.717) is 23.5 Å². The fourth-order valence-corrected chi connectivity index (χ4v) is 5.18. The Morgan fingerprint density at radius 3 is 2.37 bits per heavy atom. The predicted octanol–water partition coefficient (Wildman–Crippen LogP) is 5.01. The molecular formula is C31H35F2N5O3. The summed E-state index contributed by atoms with van der Waals surface area (Å²) in [6.07, 6.45) is 1.84. The van der Waals surface area contributed by atoms with Crippen molar-refractivity contribution in [1.29, 1.82) is 0 Å². The lowest BCUT2D eigenvalue weighted by molar-refractivity contribution is 0.108. The smallest absolute Gasteiger partial charge is 0.413 e. The molecule has 216 valence electrons. The summed E-state index contributed by atoms with van der Waals surface area (Å²) in [7, 11) is 0. The van der Waals surface area contributed by atoms with Crippen molar-refractivity contribution in [2.45, 2.75) is 33.4 Å². The van der Waals surface area contributed by atoms with Crippen molar-refractivity contribution in [1.82, 2.24) is 19.2 Å². The molecule has 0 spiro atoms. The number of hydrogen-bond donors (Lipinski definition) is 2. The first kappa shape index (κ1) is 28.7. The Balaban J connectivity index is 1.30. The van der Waals surface area contributed by atoms with E-state index in [0.717, 1.165) is 73.7 Å². The van der Waals surface area contributed by atoms with Crippen molar-refractivity contribution >= 4 is 17.6 Å². The number of aliphatic hydroxyl groups is 1. The number of halogens is 2. The maximum atomic E-state index is 13.5. The van der Waals surface area contributed by atoms with Crippen LogP contribution in [0.1, 0.15) is 29.3 Å². The first-order valence-electron chi connectivity index (χ1n) is 13.9. The molecule has 4 aromatic rings. The van der Waals surface area contributed by atoms with Gasteiger partial charge in [-0.3, -0.25) is 19.5 Å². The van der Waals surface area contributed by atoms with Crippen LogP contribution in [0.3, 0.4) is 0 Å². The number of β-amino-alcohol motifs (C(OH)–C–C–N with tert-alkyl or cyclic N) is 1. The highest BCUT2D eigenvalue weighted by atomic mass is 19.2. The molecule has 0 unspecified atom stereocenters. The lowest BCUT2D eigenvalue weighted by atomic mass is 10.0. The van der Waals surface area contributed by atoms with E-state index in [2.05, 4.69) is 45.4 Å². The van der Waals surface area contributed by atoms with Crippen molar-refractivity contribution in [3.63, 3.8) is 0 Å². The highest BCUT2D eigenvalue weighted by Crippen LogP contribution is 2.28. The lowest BCUT2D eigenvalue weighted by Gasteiger charge is -2.34. The second-order valence-electron chi connectivity index (χ2n) is 10.4. The van der Waals surface area contributed by atoms with Crippen molar-refractivity contribution in [3.05, 3.63) is 88.7 Å². The van der Waals surface area contributed by atoms with Gasteiger partial charge in [-0.1, -0.05) is 37.3 Å². The Labute approximate surface area is 238 Å². The van der Waals surface area contributed by atoms with Gasteiger partial charge in [0.1, 0.15) is 18.1 Å². The fraction of sp³-hybridized carbons (Fsp3) is 0.355. The molecule has 0 atom stereocenters. The van der Waals surface area contributed by atoms with Crippen LogP contribution in [0.25, 0.3) is 16.8 Å². The number of benzene rings is 2. The number of pyridine rings is 1. The van der Waals surface area contributed by atoms with Crippen LogP contribution in [-0.2, 0) is 24.3 Å². The van der Waals surface area contributed by atoms with E-state index < -0.39 is 17.7 Å². The van der Waals surface area contributed by atoms with Gasteiger partial charge in [0.25, 0.3) is 0 Å². The molecule has 0 saturated carbocycles. The largest absolute Gasteiger partial charge is 0.444 e. The van der Waals surface area contributed by atoms with Gasteiger partial charge in [0, 0.05) is 45.5 Å². The van der Waals surface area contributed by atoms with Gasteiger partial charge in [-0.2, -0.15) is 0 Å². The van der Waals surface area contributed by atoms with E-state index in [9.17, 15) is 13.6 Å². The lowest BCUT2D eigenvalue weighted by Crippen LogP contribution is -2.46. The molecule has 1 saturated heterocycles. The molecule has 0 radical (unpaired) electrons. The average Bonchev–Trinajstić information content (AvgIpc) is 3.33. The number of rotatable bonds is 9. The molecule has 1 aliphatic rings. The van der Waals surface area contributed by atoms with Crippen LogP contribution in [0.2, 0.25) is 0 Å². The normalized spacial score (nSPS) is 14.5. The Morgan fingerprint density at radius 2 is 1.68 bits per heavy atom. The van der Waals surface area contributed by atoms with Gasteiger partial charge < -0.3 is 9.84 Å². The van der Waals surface area contributed by atoms with Crippen molar-refractivity contribution < 1.29 is 23.4 Å². The summed E-state index contributed by atoms with van der Waals surface area (Å²) in [4.78, 5) is 22.1. The van der Waals surface area contributed by atoms with Crippen LogP contribution in [0.4, 0.5) is 19.4 Å². The molecule has 2 N–H and O–H groups in total. The molecule has 3 heterocycles. The van der Waals surface area contributed by atoms with Crippen molar-refractivity contribution in [2.24, 2.45) is 0 Å². The van der Waals surface area contributed by atoms with Gasteiger partial charge >= 0.3 is 6.09 Å². The van der Waals surface area contributed by atoms with Crippen molar-refractivity contribution in [2.75, 3.05) is 44.6 Å². The first-order valence-corrected chi connectivity index (χ1v) is 13.9. The average molecular weight is 564 g/mol. The number of imidazole rings is 1. The maximum Gasteiger partial charge on any atom is 0.413 e. The van der Waals surface area contributed by atoms with Crippen LogP contribution in [0.5, 0.6) is 0 Å². The molecule has 2 aromatic heterocycles. The number of fused-ring (bicyclic) bond motifs is 1. The number of piperazine rings is 1. The fourth-order valence-electron chi connectivity index (χ4n) is 5.18. The summed E-state index contributed by atoms with van der Waals surface area (Å²) in [6, 6.07) is 14.0. The van der Waals surface area contributed by atoms with Crippen LogP contribution < -0.4 is 5.32 Å². The number of hydrogen-bond acceptors (Lipinski definition) is 6. The van der Waals surface area contributed by atoms with Crippen LogP contribution >= 0.6 is 0 Å². The summed E-state index contributed by atoms with van der Waals surface area (Å²) in [5.74, 6) is -1.43. The molecular weight excluding hydrogens is 528 g/mol. The molecule has 41 heavy (non-hydrogen) atoms. The Hall–Kier alpha value is -3.86. The minimum Gasteiger partial charge on any atom is -0.444 e. The molecule has 0 bridgehead atoms. The molecule has 2 aromatic carbocycles. The number of carbonyl (C=O) groups is 1. The zero-order valence-corrected chi connectivity index (χ0v) is 23.4. The minimum atomic E-state index is -0.991. The molecule has 1 aliphatic heterocycles. The highest BCUT2D eigenvalue weighted by Gasteiger charge is 2.19. The molecule has 0 aliphatic carbocycles. The summed E-state index contributed by atoms with van der Waals surface area (Å²) in [5.41, 5.74) is 6.03. The predicted molar refractivity (Wildman–Crippen MR) is 154 cm³/mol. The van der Waals surface area contributed by atoms with Gasteiger partial charge in [-0.25, -0.2) is 18.6 Å². The Bertz CT molecular complexity index is 1510. The quantitative estimate of drug-likeness (QED) is 0.298. The molecule has 8 nitrogen and oxygen atoms in total. The number of anilines is 1. The number of ether oxygens (including phenoxy) is 1. The standard InChI is InChI=1S/C31H35F2N5O3/c1-3-28-30(35-31(40)41-20-23-6-9-26(32)27(33)17-23)38-19-25(16-21(2)29(38)34-28)24-7-4-22(5-8-24)18-37-12-10-36(11-13-37)14-15-39/h4-9,16-17,19,39H,3,10-15,18,20H2,1-2H3,(H,35,40). The number of nitrogens with zero attached hydrogens (tertiary/aromatic N) is 4. The van der Waals surface area contributed by atoms with E-state index >= 15 is 0 Å². The number of amides is 1. The zero-order valence-electron chi connectivity index (χ0n) is 23.4. The summed E-state index contributed by atoms with van der Waals surface area (Å²) >= 11 is 0. The number of aliphatic hydroxyl groups excluding tert-OH is 1. The van der Waals surface area contributed by atoms with Gasteiger partial charge in [0.15, 0.2) is 11.6 Å². The number of carbonyl (C=O) groups excluding carboxylic acids is 1. The summed E-state index contributed by atoms with van der Waals surface area (Å²) in [6.45, 7) is 9.47. The van der Waals surface area contributed by atoms with Gasteiger partial charge in [-0.15, -0.1) is 0 Å². The third kappa shape index (κ3) is 6.73. The zero-order chi connectivity index (χ0) is 28.9. The second-order valence-corrected chi connectivity index (χ2v) is 10.4. The highest BCUT2D eigenvalue weighted by molar-refractivity contribution is 5.85. The summed E-state index contributed by atoms with van der Waals surface area (Å²) in [5, 5.41) is 12.0. The van der Waals surface area contributed by atoms with Gasteiger partial charge in [0.2, 0.25) is 0 Å². The number of nitrogens with one attached hydrogen (secondary N) is 1. The number of aryl methyl sites for hydroxylation is 2. The number of aromatic nitrogens is 2. The van der Waals surface area contributed by atoms with Gasteiger partial charge in [-0.05, 0) is 59.4 Å². The van der Waals surface area contributed by atoms with Crippen molar-refractivity contribution in [3.8, 4) is 11.1 Å². The molecule has 1 fully saturated rings. The second kappa shape index (κ2) is 12.8.